The molecular formula is C27H39NOS. The molecule has 1 aliphatic heterocycles. The number of nitrogens with zero attached hydrogens (tertiary/aromatic N) is 1. The molecule has 30 heavy (non-hydrogen) atoms. The van der Waals surface area contributed by atoms with E-state index < -0.39 is 0 Å². The minimum atomic E-state index is -0.116. The Morgan fingerprint density at radius 2 is 1.47 bits per heavy atom. The molecule has 1 atom stereocenters. The first-order chi connectivity index (χ1) is 14.0. The Balaban J connectivity index is 2.23. The second kappa shape index (κ2) is 8.96. The summed E-state index contributed by atoms with van der Waals surface area (Å²) in [5, 5.41) is 11.5. The largest absolute Gasteiger partial charge is 0.507 e. The second-order valence-corrected chi connectivity index (χ2v) is 11.6. The zero-order valence-corrected chi connectivity index (χ0v) is 20.7. The van der Waals surface area contributed by atoms with Crippen molar-refractivity contribution in [3.63, 3.8) is 0 Å². The van der Waals surface area contributed by atoms with Crippen molar-refractivity contribution in [1.82, 2.24) is 4.90 Å². The minimum absolute atomic E-state index is 0.0254. The Bertz CT molecular complexity index is 852. The van der Waals surface area contributed by atoms with Crippen LogP contribution in [0.15, 0.2) is 41.3 Å². The van der Waals surface area contributed by atoms with Crippen molar-refractivity contribution in [1.29, 1.82) is 0 Å². The van der Waals surface area contributed by atoms with Gasteiger partial charge in [-0.1, -0.05) is 66.2 Å². The molecule has 2 aromatic carbocycles. The van der Waals surface area contributed by atoms with Gasteiger partial charge in [0.15, 0.2) is 0 Å². The molecule has 2 aromatic rings. The van der Waals surface area contributed by atoms with Gasteiger partial charge in [-0.25, -0.2) is 0 Å². The lowest BCUT2D eigenvalue weighted by Gasteiger charge is -2.37. The minimum Gasteiger partial charge on any atom is -0.507 e. The fourth-order valence-electron chi connectivity index (χ4n) is 4.42. The van der Waals surface area contributed by atoms with Gasteiger partial charge in [-0.3, -0.25) is 4.90 Å². The number of phenolic OH excluding ortho intramolecular Hbond substituents is 1. The molecule has 0 aliphatic carbocycles. The van der Waals surface area contributed by atoms with Crippen LogP contribution < -0.4 is 0 Å². The van der Waals surface area contributed by atoms with Crippen LogP contribution in [0.1, 0.15) is 89.1 Å². The van der Waals surface area contributed by atoms with E-state index in [9.17, 15) is 5.11 Å². The third kappa shape index (κ3) is 5.06. The van der Waals surface area contributed by atoms with E-state index in [1.54, 1.807) is 11.8 Å². The molecule has 0 spiro atoms. The molecule has 3 heteroatoms. The van der Waals surface area contributed by atoms with E-state index in [0.717, 1.165) is 24.2 Å². The molecule has 0 aromatic heterocycles. The molecule has 0 radical (unpaired) electrons. The fourth-order valence-corrected chi connectivity index (χ4v) is 4.83. The van der Waals surface area contributed by atoms with Gasteiger partial charge in [0.1, 0.15) is 5.75 Å². The number of phenols is 1. The van der Waals surface area contributed by atoms with Crippen molar-refractivity contribution in [3.05, 3.63) is 58.7 Å². The summed E-state index contributed by atoms with van der Waals surface area (Å²) in [7, 11) is 0. The van der Waals surface area contributed by atoms with E-state index in [4.69, 9.17) is 0 Å². The second-order valence-electron chi connectivity index (χ2n) is 10.7. The quantitative estimate of drug-likeness (QED) is 0.520. The fraction of sp³-hybridized carbons (Fsp3) is 0.556. The Morgan fingerprint density at radius 1 is 0.867 bits per heavy atom. The van der Waals surface area contributed by atoms with Crippen LogP contribution in [-0.2, 0) is 10.8 Å². The number of piperidine rings is 1. The van der Waals surface area contributed by atoms with Crippen LogP contribution >= 0.6 is 11.8 Å². The van der Waals surface area contributed by atoms with Crippen LogP contribution in [0.25, 0.3) is 0 Å². The van der Waals surface area contributed by atoms with Crippen LogP contribution in [0.4, 0.5) is 0 Å². The topological polar surface area (TPSA) is 23.5 Å². The molecule has 1 unspecified atom stereocenters. The number of benzene rings is 2. The van der Waals surface area contributed by atoms with Gasteiger partial charge in [-0.15, -0.1) is 11.8 Å². The molecule has 2 nitrogen and oxygen atoms in total. The lowest BCUT2D eigenvalue weighted by molar-refractivity contribution is 0.184. The number of rotatable bonds is 4. The summed E-state index contributed by atoms with van der Waals surface area (Å²) in [6.07, 6.45) is 5.87. The third-order valence-electron chi connectivity index (χ3n) is 6.30. The van der Waals surface area contributed by atoms with E-state index in [-0.39, 0.29) is 16.9 Å². The SMILES string of the molecule is CSc1ccc(C(c2cc(C(C)(C)C)cc(C(C)(C)C)c2O)N2CCCCC2)cc1. The van der Waals surface area contributed by atoms with Gasteiger partial charge in [0, 0.05) is 10.5 Å². The lowest BCUT2D eigenvalue weighted by Crippen LogP contribution is -2.35. The van der Waals surface area contributed by atoms with Gasteiger partial charge >= 0.3 is 0 Å². The highest BCUT2D eigenvalue weighted by Crippen LogP contribution is 2.44. The maximum atomic E-state index is 11.5. The molecule has 1 saturated heterocycles. The maximum Gasteiger partial charge on any atom is 0.124 e. The molecule has 0 bridgehead atoms. The number of aromatic hydroxyl groups is 1. The van der Waals surface area contributed by atoms with Gasteiger partial charge in [-0.2, -0.15) is 0 Å². The summed E-state index contributed by atoms with van der Waals surface area (Å²) in [6, 6.07) is 13.5. The molecule has 0 saturated carbocycles. The third-order valence-corrected chi connectivity index (χ3v) is 7.04. The molecule has 1 aliphatic rings. The first-order valence-electron chi connectivity index (χ1n) is 11.3. The zero-order chi connectivity index (χ0) is 22.1. The highest BCUT2D eigenvalue weighted by molar-refractivity contribution is 7.98. The van der Waals surface area contributed by atoms with Crippen LogP contribution in [0, 0.1) is 0 Å². The van der Waals surface area contributed by atoms with E-state index >= 15 is 0 Å². The number of hydrogen-bond acceptors (Lipinski definition) is 3. The van der Waals surface area contributed by atoms with Crippen molar-refractivity contribution in [3.8, 4) is 5.75 Å². The Morgan fingerprint density at radius 3 is 1.97 bits per heavy atom. The van der Waals surface area contributed by atoms with Crippen molar-refractivity contribution in [2.24, 2.45) is 0 Å². The maximum absolute atomic E-state index is 11.5. The van der Waals surface area contributed by atoms with E-state index in [1.807, 2.05) is 0 Å². The first-order valence-corrected chi connectivity index (χ1v) is 12.5. The van der Waals surface area contributed by atoms with Gasteiger partial charge in [0.25, 0.3) is 0 Å². The highest BCUT2D eigenvalue weighted by atomic mass is 32.2. The average Bonchev–Trinajstić information content (AvgIpc) is 2.69. The molecule has 0 amide bonds. The lowest BCUT2D eigenvalue weighted by atomic mass is 9.77. The van der Waals surface area contributed by atoms with Crippen molar-refractivity contribution >= 4 is 11.8 Å². The van der Waals surface area contributed by atoms with Gasteiger partial charge in [0.05, 0.1) is 6.04 Å². The monoisotopic (exact) mass is 425 g/mol. The average molecular weight is 426 g/mol. The zero-order valence-electron chi connectivity index (χ0n) is 19.9. The summed E-state index contributed by atoms with van der Waals surface area (Å²) in [5.41, 5.74) is 4.59. The molecule has 3 rings (SSSR count). The molecule has 1 fully saturated rings. The Kier molecular flexibility index (Phi) is 6.94. The molecular weight excluding hydrogens is 386 g/mol. The first kappa shape index (κ1) is 23.2. The number of hydrogen-bond donors (Lipinski definition) is 1. The summed E-state index contributed by atoms with van der Waals surface area (Å²) >= 11 is 1.77. The van der Waals surface area contributed by atoms with E-state index in [2.05, 4.69) is 89.1 Å². The Labute approximate surface area is 188 Å². The predicted octanol–water partition coefficient (Wildman–Crippen LogP) is 7.28. The summed E-state index contributed by atoms with van der Waals surface area (Å²) in [5.74, 6) is 0.472. The van der Waals surface area contributed by atoms with Crippen molar-refractivity contribution in [2.75, 3.05) is 19.3 Å². The van der Waals surface area contributed by atoms with Crippen LogP contribution in [-0.4, -0.2) is 29.4 Å². The van der Waals surface area contributed by atoms with Crippen LogP contribution in [0.3, 0.4) is 0 Å². The van der Waals surface area contributed by atoms with Gasteiger partial charge in [-0.05, 0) is 77.9 Å². The normalized spacial score (nSPS) is 17.2. The predicted molar refractivity (Wildman–Crippen MR) is 131 cm³/mol. The molecule has 1 heterocycles. The van der Waals surface area contributed by atoms with Crippen molar-refractivity contribution < 1.29 is 5.11 Å². The smallest absolute Gasteiger partial charge is 0.124 e. The standard InChI is InChI=1S/C27H39NOS/c1-26(2,3)20-17-22(25(29)23(18-20)27(4,5)6)24(28-15-9-8-10-16-28)19-11-13-21(30-7)14-12-19/h11-14,17-18,24,29H,8-10,15-16H2,1-7H3. The summed E-state index contributed by atoms with van der Waals surface area (Å²) in [4.78, 5) is 3.85. The highest BCUT2D eigenvalue weighted by Gasteiger charge is 2.31. The Hall–Kier alpha value is -1.45. The van der Waals surface area contributed by atoms with E-state index in [1.165, 1.54) is 35.3 Å². The molecule has 1 N–H and O–H groups in total. The molecule has 164 valence electrons. The number of likely N-dealkylation sites (tertiary alicyclic amines) is 1. The summed E-state index contributed by atoms with van der Waals surface area (Å²) in [6.45, 7) is 15.5. The summed E-state index contributed by atoms with van der Waals surface area (Å²) < 4.78 is 0. The van der Waals surface area contributed by atoms with E-state index in [0.29, 0.717) is 5.75 Å². The van der Waals surface area contributed by atoms with Crippen molar-refractivity contribution in [2.45, 2.75) is 82.6 Å². The number of thioether (sulfide) groups is 1. The van der Waals surface area contributed by atoms with Gasteiger partial charge in [0.2, 0.25) is 0 Å². The van der Waals surface area contributed by atoms with Gasteiger partial charge < -0.3 is 5.11 Å². The van der Waals surface area contributed by atoms with Crippen LogP contribution in [0.5, 0.6) is 5.75 Å². The van der Waals surface area contributed by atoms with Crippen LogP contribution in [0.2, 0.25) is 0 Å².